The first-order valence-corrected chi connectivity index (χ1v) is 5.99. The molecule has 2 atom stereocenters. The number of ether oxygens (including phenoxy) is 1. The van der Waals surface area contributed by atoms with Crippen molar-refractivity contribution in [2.45, 2.75) is 44.6 Å². The Hall–Kier alpha value is -0.940. The summed E-state index contributed by atoms with van der Waals surface area (Å²) in [4.78, 5) is 4.41. The van der Waals surface area contributed by atoms with Gasteiger partial charge < -0.3 is 15.0 Å². The molecule has 0 bridgehead atoms. The highest BCUT2D eigenvalue weighted by Gasteiger charge is 2.32. The van der Waals surface area contributed by atoms with Gasteiger partial charge in [-0.15, -0.1) is 0 Å². The van der Waals surface area contributed by atoms with Gasteiger partial charge in [-0.1, -0.05) is 12.1 Å². The van der Waals surface area contributed by atoms with Crippen LogP contribution in [0.5, 0.6) is 0 Å². The molecule has 1 fully saturated rings. The Kier molecular flexibility index (Phi) is 3.90. The van der Waals surface area contributed by atoms with Crippen molar-refractivity contribution in [3.63, 3.8) is 0 Å². The summed E-state index contributed by atoms with van der Waals surface area (Å²) >= 11 is 0. The van der Waals surface area contributed by atoms with E-state index in [2.05, 4.69) is 17.1 Å². The minimum absolute atomic E-state index is 0.239. The molecule has 16 heavy (non-hydrogen) atoms. The van der Waals surface area contributed by atoms with Crippen molar-refractivity contribution in [2.75, 3.05) is 13.2 Å². The number of hydrogen-bond donors (Lipinski definition) is 1. The van der Waals surface area contributed by atoms with Crippen molar-refractivity contribution >= 4 is 0 Å². The van der Waals surface area contributed by atoms with E-state index in [1.165, 1.54) is 0 Å². The topological polar surface area (TPSA) is 74.2 Å². The molecule has 1 aromatic heterocycles. The lowest BCUT2D eigenvalue weighted by Gasteiger charge is -2.11. The Morgan fingerprint density at radius 3 is 3.12 bits per heavy atom. The Morgan fingerprint density at radius 2 is 2.38 bits per heavy atom. The van der Waals surface area contributed by atoms with Gasteiger partial charge in [-0.2, -0.15) is 4.98 Å². The van der Waals surface area contributed by atoms with Crippen LogP contribution in [0.2, 0.25) is 0 Å². The summed E-state index contributed by atoms with van der Waals surface area (Å²) in [5, 5.41) is 3.97. The Morgan fingerprint density at radius 1 is 1.50 bits per heavy atom. The third-order valence-corrected chi connectivity index (χ3v) is 3.02. The highest BCUT2D eigenvalue weighted by Crippen LogP contribution is 2.31. The zero-order valence-corrected chi connectivity index (χ0v) is 9.69. The van der Waals surface area contributed by atoms with Crippen molar-refractivity contribution in [2.24, 2.45) is 5.73 Å². The molecule has 0 saturated carbocycles. The summed E-state index contributed by atoms with van der Waals surface area (Å²) in [6, 6.07) is 0. The molecular weight excluding hydrogens is 206 g/mol. The smallest absolute Gasteiger partial charge is 0.232 e. The van der Waals surface area contributed by atoms with Gasteiger partial charge in [0.05, 0.1) is 12.0 Å². The summed E-state index contributed by atoms with van der Waals surface area (Å²) in [7, 11) is 0. The normalized spacial score (nSPS) is 25.1. The zero-order chi connectivity index (χ0) is 11.4. The third kappa shape index (κ3) is 2.41. The predicted molar refractivity (Wildman–Crippen MR) is 59.1 cm³/mol. The van der Waals surface area contributed by atoms with E-state index in [-0.39, 0.29) is 12.0 Å². The molecule has 2 unspecified atom stereocenters. The molecule has 0 aromatic carbocycles. The Bertz CT molecular complexity index is 327. The number of nitrogens with two attached hydrogens (primary N) is 1. The van der Waals surface area contributed by atoms with E-state index in [0.29, 0.717) is 6.54 Å². The monoisotopic (exact) mass is 225 g/mol. The molecule has 0 amide bonds. The lowest BCUT2D eigenvalue weighted by atomic mass is 10.00. The maximum Gasteiger partial charge on any atom is 0.232 e. The fourth-order valence-electron chi connectivity index (χ4n) is 2.11. The molecule has 5 nitrogen and oxygen atoms in total. The molecule has 2 heterocycles. The SMILES string of the molecule is CCC1OCCC1c1nc(CCCN)no1. The number of nitrogens with zero attached hydrogens (tertiary/aromatic N) is 2. The quantitative estimate of drug-likeness (QED) is 0.816. The lowest BCUT2D eigenvalue weighted by molar-refractivity contribution is 0.0953. The Labute approximate surface area is 95.3 Å². The minimum Gasteiger partial charge on any atom is -0.377 e. The molecule has 0 radical (unpaired) electrons. The highest BCUT2D eigenvalue weighted by molar-refractivity contribution is 5.00. The van der Waals surface area contributed by atoms with Crippen molar-refractivity contribution in [3.05, 3.63) is 11.7 Å². The van der Waals surface area contributed by atoms with Crippen molar-refractivity contribution in [3.8, 4) is 0 Å². The fourth-order valence-corrected chi connectivity index (χ4v) is 2.11. The van der Waals surface area contributed by atoms with Crippen LogP contribution in [0.1, 0.15) is 43.8 Å². The first-order chi connectivity index (χ1) is 7.85. The van der Waals surface area contributed by atoms with Gasteiger partial charge in [0.25, 0.3) is 0 Å². The second-order valence-electron chi connectivity index (χ2n) is 4.15. The summed E-state index contributed by atoms with van der Waals surface area (Å²) in [6.45, 7) is 3.58. The van der Waals surface area contributed by atoms with Gasteiger partial charge in [0, 0.05) is 13.0 Å². The number of aromatic nitrogens is 2. The summed E-state index contributed by atoms with van der Waals surface area (Å²) in [5.74, 6) is 1.78. The van der Waals surface area contributed by atoms with Gasteiger partial charge in [0.1, 0.15) is 0 Å². The van der Waals surface area contributed by atoms with Gasteiger partial charge in [0.15, 0.2) is 5.82 Å². The van der Waals surface area contributed by atoms with E-state index >= 15 is 0 Å². The maximum atomic E-state index is 5.61. The second-order valence-corrected chi connectivity index (χ2v) is 4.15. The minimum atomic E-state index is 0.239. The molecule has 2 rings (SSSR count). The molecule has 5 heteroatoms. The van der Waals surface area contributed by atoms with Crippen LogP contribution in [0.3, 0.4) is 0 Å². The molecule has 1 aromatic rings. The maximum absolute atomic E-state index is 5.61. The van der Waals surface area contributed by atoms with E-state index < -0.39 is 0 Å². The second kappa shape index (κ2) is 5.41. The molecule has 1 aliphatic heterocycles. The van der Waals surface area contributed by atoms with Gasteiger partial charge in [-0.3, -0.25) is 0 Å². The summed E-state index contributed by atoms with van der Waals surface area (Å²) in [5.41, 5.74) is 5.44. The van der Waals surface area contributed by atoms with E-state index in [4.69, 9.17) is 15.0 Å². The largest absolute Gasteiger partial charge is 0.377 e. The van der Waals surface area contributed by atoms with Crippen LogP contribution in [0.4, 0.5) is 0 Å². The third-order valence-electron chi connectivity index (χ3n) is 3.02. The van der Waals surface area contributed by atoms with Crippen molar-refractivity contribution < 1.29 is 9.26 Å². The van der Waals surface area contributed by atoms with Gasteiger partial charge in [-0.25, -0.2) is 0 Å². The first kappa shape index (κ1) is 11.5. The van der Waals surface area contributed by atoms with Crippen LogP contribution < -0.4 is 5.73 Å². The summed E-state index contributed by atoms with van der Waals surface area (Å²) < 4.78 is 10.9. The molecule has 1 aliphatic rings. The average Bonchev–Trinajstić information content (AvgIpc) is 2.94. The zero-order valence-electron chi connectivity index (χ0n) is 9.69. The summed E-state index contributed by atoms with van der Waals surface area (Å²) in [6.07, 6.45) is 3.91. The van der Waals surface area contributed by atoms with Crippen LogP contribution in [0.25, 0.3) is 0 Å². The Balaban J connectivity index is 2.00. The van der Waals surface area contributed by atoms with Crippen molar-refractivity contribution in [1.82, 2.24) is 10.1 Å². The number of rotatable bonds is 5. The van der Waals surface area contributed by atoms with Gasteiger partial charge >= 0.3 is 0 Å². The van der Waals surface area contributed by atoms with E-state index in [1.807, 2.05) is 0 Å². The standard InChI is InChI=1S/C11H19N3O2/c1-2-9-8(5-7-15-9)11-13-10(14-16-11)4-3-6-12/h8-9H,2-7,12H2,1H3. The molecule has 90 valence electrons. The lowest BCUT2D eigenvalue weighted by Crippen LogP contribution is -2.13. The molecule has 1 saturated heterocycles. The highest BCUT2D eigenvalue weighted by atomic mass is 16.5. The fraction of sp³-hybridized carbons (Fsp3) is 0.818. The van der Waals surface area contributed by atoms with Crippen LogP contribution in [0.15, 0.2) is 4.52 Å². The van der Waals surface area contributed by atoms with E-state index in [0.717, 1.165) is 44.0 Å². The average molecular weight is 225 g/mol. The van der Waals surface area contributed by atoms with Crippen molar-refractivity contribution in [1.29, 1.82) is 0 Å². The van der Waals surface area contributed by atoms with Gasteiger partial charge in [0.2, 0.25) is 5.89 Å². The predicted octanol–water partition coefficient (Wildman–Crippen LogP) is 1.24. The van der Waals surface area contributed by atoms with E-state index in [9.17, 15) is 0 Å². The van der Waals surface area contributed by atoms with Gasteiger partial charge in [-0.05, 0) is 25.8 Å². The van der Waals surface area contributed by atoms with Crippen LogP contribution in [0, 0.1) is 0 Å². The first-order valence-electron chi connectivity index (χ1n) is 5.99. The van der Waals surface area contributed by atoms with E-state index in [1.54, 1.807) is 0 Å². The number of aryl methyl sites for hydroxylation is 1. The molecular formula is C11H19N3O2. The number of hydrogen-bond acceptors (Lipinski definition) is 5. The van der Waals surface area contributed by atoms with Crippen LogP contribution in [-0.4, -0.2) is 29.4 Å². The van der Waals surface area contributed by atoms with Crippen LogP contribution in [-0.2, 0) is 11.2 Å². The molecule has 0 spiro atoms. The molecule has 2 N–H and O–H groups in total. The van der Waals surface area contributed by atoms with Crippen LogP contribution >= 0.6 is 0 Å². The molecule has 0 aliphatic carbocycles.